The maximum absolute atomic E-state index is 10.8. The molecule has 0 aromatic carbocycles. The Hall–Kier alpha value is -0.590. The van der Waals surface area contributed by atoms with Crippen LogP contribution < -0.4 is 0 Å². The standard InChI is InChI=1S/C11H14BrNO3S/c1-2-16-9(11(14)15)5-7-17-10-8(12)4-3-6-13-10/h3-4,6,9H,2,5,7H2,1H3,(H,14,15). The summed E-state index contributed by atoms with van der Waals surface area (Å²) in [5.74, 6) is -0.250. The summed E-state index contributed by atoms with van der Waals surface area (Å²) >= 11 is 4.91. The Kier molecular flexibility index (Phi) is 6.54. The fourth-order valence-electron chi connectivity index (χ4n) is 1.22. The van der Waals surface area contributed by atoms with Crippen molar-refractivity contribution in [1.82, 2.24) is 4.98 Å². The van der Waals surface area contributed by atoms with Crippen molar-refractivity contribution in [3.63, 3.8) is 0 Å². The molecule has 0 aliphatic carbocycles. The topological polar surface area (TPSA) is 59.4 Å². The summed E-state index contributed by atoms with van der Waals surface area (Å²) in [6.45, 7) is 2.20. The normalized spacial score (nSPS) is 12.4. The zero-order valence-electron chi connectivity index (χ0n) is 9.43. The van der Waals surface area contributed by atoms with Crippen LogP contribution in [0.4, 0.5) is 0 Å². The van der Waals surface area contributed by atoms with Crippen molar-refractivity contribution in [2.75, 3.05) is 12.4 Å². The van der Waals surface area contributed by atoms with E-state index in [2.05, 4.69) is 20.9 Å². The van der Waals surface area contributed by atoms with Gasteiger partial charge in [0.25, 0.3) is 0 Å². The van der Waals surface area contributed by atoms with Gasteiger partial charge in [-0.1, -0.05) is 0 Å². The van der Waals surface area contributed by atoms with Gasteiger partial charge in [-0.15, -0.1) is 11.8 Å². The number of halogens is 1. The summed E-state index contributed by atoms with van der Waals surface area (Å²) in [6.07, 6.45) is 1.45. The Labute approximate surface area is 113 Å². The van der Waals surface area contributed by atoms with E-state index in [1.807, 2.05) is 12.1 Å². The highest BCUT2D eigenvalue weighted by Gasteiger charge is 2.17. The number of rotatable bonds is 7. The summed E-state index contributed by atoms with van der Waals surface area (Å²) in [6, 6.07) is 3.75. The quantitative estimate of drug-likeness (QED) is 0.783. The number of thioether (sulfide) groups is 1. The zero-order valence-corrected chi connectivity index (χ0v) is 11.8. The molecule has 94 valence electrons. The largest absolute Gasteiger partial charge is 0.479 e. The van der Waals surface area contributed by atoms with Crippen molar-refractivity contribution in [2.45, 2.75) is 24.5 Å². The van der Waals surface area contributed by atoms with Crippen LogP contribution in [0.5, 0.6) is 0 Å². The van der Waals surface area contributed by atoms with Gasteiger partial charge < -0.3 is 9.84 Å². The van der Waals surface area contributed by atoms with Gasteiger partial charge in [-0.3, -0.25) is 0 Å². The lowest BCUT2D eigenvalue weighted by atomic mass is 10.3. The van der Waals surface area contributed by atoms with Crippen molar-refractivity contribution in [2.24, 2.45) is 0 Å². The van der Waals surface area contributed by atoms with E-state index in [4.69, 9.17) is 9.84 Å². The number of hydrogen-bond donors (Lipinski definition) is 1. The van der Waals surface area contributed by atoms with E-state index >= 15 is 0 Å². The third-order valence-corrected chi connectivity index (χ3v) is 3.93. The molecule has 4 nitrogen and oxygen atoms in total. The van der Waals surface area contributed by atoms with Crippen molar-refractivity contribution in [3.8, 4) is 0 Å². The van der Waals surface area contributed by atoms with Gasteiger partial charge in [0.05, 0.1) is 0 Å². The fourth-order valence-corrected chi connectivity index (χ4v) is 2.68. The van der Waals surface area contributed by atoms with Crippen LogP contribution in [-0.2, 0) is 9.53 Å². The summed E-state index contributed by atoms with van der Waals surface area (Å²) < 4.78 is 6.05. The van der Waals surface area contributed by atoms with Crippen molar-refractivity contribution in [1.29, 1.82) is 0 Å². The second-order valence-electron chi connectivity index (χ2n) is 3.21. The number of carbonyl (C=O) groups is 1. The average molecular weight is 320 g/mol. The third-order valence-electron chi connectivity index (χ3n) is 1.99. The van der Waals surface area contributed by atoms with Gasteiger partial charge in [-0.25, -0.2) is 9.78 Å². The first-order chi connectivity index (χ1) is 8.15. The van der Waals surface area contributed by atoms with E-state index < -0.39 is 12.1 Å². The monoisotopic (exact) mass is 319 g/mol. The lowest BCUT2D eigenvalue weighted by Gasteiger charge is -2.11. The van der Waals surface area contributed by atoms with Gasteiger partial charge in [0, 0.05) is 23.0 Å². The first-order valence-corrected chi connectivity index (χ1v) is 7.00. The Morgan fingerprint density at radius 3 is 3.06 bits per heavy atom. The predicted molar refractivity (Wildman–Crippen MR) is 70.3 cm³/mol. The summed E-state index contributed by atoms with van der Waals surface area (Å²) in [4.78, 5) is 15.0. The van der Waals surface area contributed by atoms with Gasteiger partial charge in [0.15, 0.2) is 6.10 Å². The molecular formula is C11H14BrNO3S. The molecule has 0 radical (unpaired) electrons. The van der Waals surface area contributed by atoms with Gasteiger partial charge in [-0.2, -0.15) is 0 Å². The minimum Gasteiger partial charge on any atom is -0.479 e. The molecule has 1 aromatic rings. The van der Waals surface area contributed by atoms with Crippen LogP contribution in [0.2, 0.25) is 0 Å². The molecule has 0 saturated heterocycles. The Morgan fingerprint density at radius 1 is 1.71 bits per heavy atom. The van der Waals surface area contributed by atoms with Crippen LogP contribution in [0.1, 0.15) is 13.3 Å². The van der Waals surface area contributed by atoms with E-state index in [0.717, 1.165) is 9.50 Å². The fraction of sp³-hybridized carbons (Fsp3) is 0.455. The van der Waals surface area contributed by atoms with Gasteiger partial charge in [0.2, 0.25) is 0 Å². The Balaban J connectivity index is 2.41. The maximum Gasteiger partial charge on any atom is 0.332 e. The van der Waals surface area contributed by atoms with E-state index in [1.165, 1.54) is 11.8 Å². The van der Waals surface area contributed by atoms with Gasteiger partial charge in [0.1, 0.15) is 5.03 Å². The van der Waals surface area contributed by atoms with E-state index in [1.54, 1.807) is 13.1 Å². The minimum absolute atomic E-state index is 0.412. The minimum atomic E-state index is -0.910. The molecule has 0 aliphatic rings. The molecule has 1 aromatic heterocycles. The molecule has 17 heavy (non-hydrogen) atoms. The molecular weight excluding hydrogens is 306 g/mol. The molecule has 0 bridgehead atoms. The molecule has 1 rings (SSSR count). The van der Waals surface area contributed by atoms with Crippen molar-refractivity contribution in [3.05, 3.63) is 22.8 Å². The SMILES string of the molecule is CCOC(CCSc1ncccc1Br)C(=O)O. The Morgan fingerprint density at radius 2 is 2.47 bits per heavy atom. The number of aliphatic carboxylic acids is 1. The molecule has 6 heteroatoms. The number of pyridine rings is 1. The molecule has 0 spiro atoms. The number of carboxylic acids is 1. The van der Waals surface area contributed by atoms with Gasteiger partial charge in [-0.05, 0) is 41.4 Å². The number of hydrogen-bond acceptors (Lipinski definition) is 4. The average Bonchev–Trinajstić information content (AvgIpc) is 2.30. The highest BCUT2D eigenvalue weighted by atomic mass is 79.9. The predicted octanol–water partition coefficient (Wildman–Crippen LogP) is 2.82. The zero-order chi connectivity index (χ0) is 12.7. The van der Waals surface area contributed by atoms with Crippen LogP contribution >= 0.6 is 27.7 Å². The number of carboxylic acid groups (broad SMARTS) is 1. The van der Waals surface area contributed by atoms with Crippen molar-refractivity contribution < 1.29 is 14.6 Å². The maximum atomic E-state index is 10.8. The first kappa shape index (κ1) is 14.5. The summed E-state index contributed by atoms with van der Waals surface area (Å²) in [7, 11) is 0. The molecule has 0 amide bonds. The van der Waals surface area contributed by atoms with E-state index in [-0.39, 0.29) is 0 Å². The smallest absolute Gasteiger partial charge is 0.332 e. The molecule has 0 saturated carbocycles. The number of aromatic nitrogens is 1. The van der Waals surface area contributed by atoms with Crippen LogP contribution in [-0.4, -0.2) is 34.5 Å². The number of nitrogens with zero attached hydrogens (tertiary/aromatic N) is 1. The number of ether oxygens (including phenoxy) is 1. The third kappa shape index (κ3) is 5.06. The van der Waals surface area contributed by atoms with Crippen LogP contribution in [0.3, 0.4) is 0 Å². The van der Waals surface area contributed by atoms with Crippen LogP contribution in [0, 0.1) is 0 Å². The summed E-state index contributed by atoms with van der Waals surface area (Å²) in [5.41, 5.74) is 0. The molecule has 0 fully saturated rings. The second kappa shape index (κ2) is 7.68. The Bertz CT molecular complexity index is 375. The van der Waals surface area contributed by atoms with Gasteiger partial charge >= 0.3 is 5.97 Å². The van der Waals surface area contributed by atoms with Crippen molar-refractivity contribution >= 4 is 33.7 Å². The summed E-state index contributed by atoms with van der Waals surface area (Å²) in [5, 5.41) is 9.77. The lowest BCUT2D eigenvalue weighted by molar-refractivity contribution is -0.150. The molecule has 1 heterocycles. The molecule has 0 aliphatic heterocycles. The molecule has 1 atom stereocenters. The van der Waals surface area contributed by atoms with E-state index in [9.17, 15) is 4.79 Å². The highest BCUT2D eigenvalue weighted by molar-refractivity contribution is 9.10. The highest BCUT2D eigenvalue weighted by Crippen LogP contribution is 2.25. The van der Waals surface area contributed by atoms with E-state index in [0.29, 0.717) is 18.8 Å². The molecule has 1 N–H and O–H groups in total. The first-order valence-electron chi connectivity index (χ1n) is 5.23. The lowest BCUT2D eigenvalue weighted by Crippen LogP contribution is -2.24. The van der Waals surface area contributed by atoms with Crippen LogP contribution in [0.25, 0.3) is 0 Å². The molecule has 1 unspecified atom stereocenters. The second-order valence-corrected chi connectivity index (χ2v) is 5.15. The van der Waals surface area contributed by atoms with Crippen LogP contribution in [0.15, 0.2) is 27.8 Å².